The molecule has 1 atom stereocenters. The van der Waals surface area contributed by atoms with Gasteiger partial charge in [0.2, 0.25) is 5.91 Å². The third-order valence-corrected chi connectivity index (χ3v) is 4.43. The van der Waals surface area contributed by atoms with Gasteiger partial charge in [0.05, 0.1) is 24.6 Å². The predicted molar refractivity (Wildman–Crippen MR) is 94.6 cm³/mol. The molecule has 1 amide bonds. The van der Waals surface area contributed by atoms with Crippen molar-refractivity contribution in [3.63, 3.8) is 0 Å². The van der Waals surface area contributed by atoms with Crippen LogP contribution in [0.2, 0.25) is 0 Å². The molecular formula is C18H22N2O2S. The number of amides is 1. The summed E-state index contributed by atoms with van der Waals surface area (Å²) in [4.78, 5) is 16.4. The number of thioether (sulfide) groups is 1. The number of rotatable bonds is 8. The molecule has 0 aliphatic carbocycles. The fourth-order valence-electron chi connectivity index (χ4n) is 2.32. The number of carbonyl (C=O) groups is 1. The minimum atomic E-state index is -0.0332. The van der Waals surface area contributed by atoms with Crippen LogP contribution in [-0.4, -0.2) is 23.8 Å². The van der Waals surface area contributed by atoms with E-state index in [0.29, 0.717) is 5.75 Å². The molecule has 1 N–H and O–H groups in total. The minimum Gasteiger partial charge on any atom is -0.496 e. The second-order valence-electron chi connectivity index (χ2n) is 5.08. The first-order chi connectivity index (χ1) is 11.2. The molecule has 0 radical (unpaired) electrons. The van der Waals surface area contributed by atoms with Gasteiger partial charge in [-0.2, -0.15) is 0 Å². The summed E-state index contributed by atoms with van der Waals surface area (Å²) >= 11 is 1.57. The highest BCUT2D eigenvalue weighted by Crippen LogP contribution is 2.26. The highest BCUT2D eigenvalue weighted by molar-refractivity contribution is 7.99. The number of hydrogen-bond acceptors (Lipinski definition) is 4. The van der Waals surface area contributed by atoms with Gasteiger partial charge in [-0.1, -0.05) is 31.2 Å². The zero-order valence-electron chi connectivity index (χ0n) is 13.5. The summed E-state index contributed by atoms with van der Waals surface area (Å²) < 4.78 is 5.38. The molecule has 1 aromatic carbocycles. The first kappa shape index (κ1) is 17.3. The van der Waals surface area contributed by atoms with E-state index in [9.17, 15) is 4.79 Å². The highest BCUT2D eigenvalue weighted by atomic mass is 32.2. The molecule has 2 rings (SSSR count). The van der Waals surface area contributed by atoms with Crippen molar-refractivity contribution in [2.75, 3.05) is 12.9 Å². The number of hydrogen-bond donors (Lipinski definition) is 1. The molecule has 0 bridgehead atoms. The molecule has 4 nitrogen and oxygen atoms in total. The first-order valence-electron chi connectivity index (χ1n) is 7.64. The third kappa shape index (κ3) is 5.28. The van der Waals surface area contributed by atoms with Crippen molar-refractivity contribution in [1.29, 1.82) is 0 Å². The van der Waals surface area contributed by atoms with Crippen LogP contribution < -0.4 is 10.1 Å². The molecule has 0 aliphatic heterocycles. The van der Waals surface area contributed by atoms with E-state index in [0.717, 1.165) is 29.2 Å². The Morgan fingerprint density at radius 2 is 2.04 bits per heavy atom. The number of para-hydroxylation sites is 1. The average molecular weight is 330 g/mol. The van der Waals surface area contributed by atoms with E-state index in [4.69, 9.17) is 4.74 Å². The standard InChI is InChI=1S/C18H22N2O2S/c1-3-16(15-9-4-5-10-17(15)22-2)20-18(21)13-23-12-14-8-6-7-11-19-14/h4-11,16H,3,12-13H2,1-2H3,(H,20,21)/t16-/m1/s1. The fraction of sp³-hybridized carbons (Fsp3) is 0.333. The van der Waals surface area contributed by atoms with Gasteiger partial charge in [0.15, 0.2) is 0 Å². The van der Waals surface area contributed by atoms with Gasteiger partial charge in [-0.3, -0.25) is 9.78 Å². The summed E-state index contributed by atoms with van der Waals surface area (Å²) in [6, 6.07) is 13.6. The van der Waals surface area contributed by atoms with Gasteiger partial charge >= 0.3 is 0 Å². The quantitative estimate of drug-likeness (QED) is 0.803. The molecule has 0 aliphatic rings. The maximum atomic E-state index is 12.2. The van der Waals surface area contributed by atoms with E-state index in [2.05, 4.69) is 17.2 Å². The van der Waals surface area contributed by atoms with Crippen LogP contribution in [-0.2, 0) is 10.5 Å². The van der Waals surface area contributed by atoms with Crippen LogP contribution in [0.4, 0.5) is 0 Å². The van der Waals surface area contributed by atoms with Crippen LogP contribution in [0.15, 0.2) is 48.7 Å². The normalized spacial score (nSPS) is 11.7. The zero-order valence-corrected chi connectivity index (χ0v) is 14.3. The molecular weight excluding hydrogens is 308 g/mol. The summed E-state index contributed by atoms with van der Waals surface area (Å²) in [5, 5.41) is 3.08. The largest absolute Gasteiger partial charge is 0.496 e. The maximum Gasteiger partial charge on any atom is 0.230 e. The van der Waals surface area contributed by atoms with Gasteiger partial charge < -0.3 is 10.1 Å². The van der Waals surface area contributed by atoms with E-state index < -0.39 is 0 Å². The van der Waals surface area contributed by atoms with Crippen LogP contribution in [0.5, 0.6) is 5.75 Å². The lowest BCUT2D eigenvalue weighted by Crippen LogP contribution is -2.29. The Hall–Kier alpha value is -2.01. The van der Waals surface area contributed by atoms with Gasteiger partial charge in [0.1, 0.15) is 5.75 Å². The Morgan fingerprint density at radius 3 is 2.74 bits per heavy atom. The van der Waals surface area contributed by atoms with Crippen molar-refractivity contribution < 1.29 is 9.53 Å². The van der Waals surface area contributed by atoms with Crippen molar-refractivity contribution in [3.8, 4) is 5.75 Å². The van der Waals surface area contributed by atoms with E-state index in [1.807, 2.05) is 42.5 Å². The second-order valence-corrected chi connectivity index (χ2v) is 6.07. The van der Waals surface area contributed by atoms with Crippen molar-refractivity contribution in [3.05, 3.63) is 59.9 Å². The van der Waals surface area contributed by atoms with Crippen molar-refractivity contribution >= 4 is 17.7 Å². The van der Waals surface area contributed by atoms with Crippen LogP contribution >= 0.6 is 11.8 Å². The Kier molecular flexibility index (Phi) is 6.94. The van der Waals surface area contributed by atoms with Gasteiger partial charge in [-0.15, -0.1) is 11.8 Å². The summed E-state index contributed by atoms with van der Waals surface area (Å²) in [5.74, 6) is 1.99. The Morgan fingerprint density at radius 1 is 1.26 bits per heavy atom. The third-order valence-electron chi connectivity index (χ3n) is 3.47. The number of nitrogens with one attached hydrogen (secondary N) is 1. The second kappa shape index (κ2) is 9.20. The summed E-state index contributed by atoms with van der Waals surface area (Å²) in [6.07, 6.45) is 2.59. The van der Waals surface area contributed by atoms with Crippen molar-refractivity contribution in [1.82, 2.24) is 10.3 Å². The number of pyridine rings is 1. The number of carbonyl (C=O) groups excluding carboxylic acids is 1. The van der Waals surface area contributed by atoms with E-state index in [1.165, 1.54) is 0 Å². The van der Waals surface area contributed by atoms with Gasteiger partial charge in [-0.25, -0.2) is 0 Å². The van der Waals surface area contributed by atoms with Crippen molar-refractivity contribution in [2.45, 2.75) is 25.1 Å². The summed E-state index contributed by atoms with van der Waals surface area (Å²) in [6.45, 7) is 2.05. The Labute approximate surface area is 141 Å². The molecule has 5 heteroatoms. The number of ether oxygens (including phenoxy) is 1. The molecule has 0 spiro atoms. The van der Waals surface area contributed by atoms with Gasteiger partial charge in [0.25, 0.3) is 0 Å². The summed E-state index contributed by atoms with van der Waals surface area (Å²) in [7, 11) is 1.65. The average Bonchev–Trinajstić information content (AvgIpc) is 2.60. The monoisotopic (exact) mass is 330 g/mol. The predicted octanol–water partition coefficient (Wildman–Crippen LogP) is 3.59. The molecule has 122 valence electrons. The van der Waals surface area contributed by atoms with Crippen LogP contribution in [0.1, 0.15) is 30.6 Å². The molecule has 0 saturated heterocycles. The lowest BCUT2D eigenvalue weighted by atomic mass is 10.0. The first-order valence-corrected chi connectivity index (χ1v) is 8.80. The number of aromatic nitrogens is 1. The lowest BCUT2D eigenvalue weighted by Gasteiger charge is -2.19. The summed E-state index contributed by atoms with van der Waals surface area (Å²) in [5.41, 5.74) is 2.00. The van der Waals surface area contributed by atoms with E-state index in [-0.39, 0.29) is 11.9 Å². The fourth-order valence-corrected chi connectivity index (χ4v) is 3.07. The van der Waals surface area contributed by atoms with Crippen LogP contribution in [0.25, 0.3) is 0 Å². The highest BCUT2D eigenvalue weighted by Gasteiger charge is 2.16. The molecule has 23 heavy (non-hydrogen) atoms. The maximum absolute atomic E-state index is 12.2. The number of nitrogens with zero attached hydrogens (tertiary/aromatic N) is 1. The van der Waals surface area contributed by atoms with Crippen LogP contribution in [0.3, 0.4) is 0 Å². The Balaban J connectivity index is 1.87. The minimum absolute atomic E-state index is 0.0312. The van der Waals surface area contributed by atoms with E-state index >= 15 is 0 Å². The van der Waals surface area contributed by atoms with E-state index in [1.54, 1.807) is 25.1 Å². The smallest absolute Gasteiger partial charge is 0.230 e. The zero-order chi connectivity index (χ0) is 16.5. The van der Waals surface area contributed by atoms with Crippen LogP contribution in [0, 0.1) is 0 Å². The molecule has 2 aromatic rings. The van der Waals surface area contributed by atoms with Gasteiger partial charge in [-0.05, 0) is 24.6 Å². The SMILES string of the molecule is CC[C@@H](NC(=O)CSCc1ccccn1)c1ccccc1OC. The lowest BCUT2D eigenvalue weighted by molar-refractivity contribution is -0.119. The molecule has 0 saturated carbocycles. The van der Waals surface area contributed by atoms with Gasteiger partial charge in [0, 0.05) is 17.5 Å². The molecule has 1 aromatic heterocycles. The van der Waals surface area contributed by atoms with Crippen molar-refractivity contribution in [2.24, 2.45) is 0 Å². The Bertz CT molecular complexity index is 619. The molecule has 1 heterocycles. The number of methoxy groups -OCH3 is 1. The number of benzene rings is 1. The molecule has 0 unspecified atom stereocenters. The topological polar surface area (TPSA) is 51.2 Å². The molecule has 0 fully saturated rings.